The monoisotopic (exact) mass is 295 g/mol. The Bertz CT molecular complexity index is 556. The Hall–Kier alpha value is -1.26. The first-order valence-electron chi connectivity index (χ1n) is 6.99. The highest BCUT2D eigenvalue weighted by Crippen LogP contribution is 2.37. The lowest BCUT2D eigenvalue weighted by Gasteiger charge is -2.25. The molecule has 2 atom stereocenters. The molecule has 2 N–H and O–H groups in total. The summed E-state index contributed by atoms with van der Waals surface area (Å²) in [7, 11) is 0. The van der Waals surface area contributed by atoms with Crippen molar-refractivity contribution in [2.75, 3.05) is 6.54 Å². The van der Waals surface area contributed by atoms with Crippen molar-refractivity contribution in [3.05, 3.63) is 10.5 Å². The molecule has 6 nitrogen and oxygen atoms in total. The van der Waals surface area contributed by atoms with E-state index in [2.05, 4.69) is 28.5 Å². The van der Waals surface area contributed by atoms with Crippen LogP contribution in [0.1, 0.15) is 46.1 Å². The van der Waals surface area contributed by atoms with Crippen LogP contribution in [-0.2, 0) is 0 Å². The molecule has 0 aliphatic heterocycles. The van der Waals surface area contributed by atoms with Gasteiger partial charge in [-0.3, -0.25) is 9.88 Å². The summed E-state index contributed by atoms with van der Waals surface area (Å²) in [6.45, 7) is 6.72. The van der Waals surface area contributed by atoms with Gasteiger partial charge in [0.05, 0.1) is 6.07 Å². The number of aromatic nitrogens is 3. The van der Waals surface area contributed by atoms with Crippen LogP contribution >= 0.6 is 11.8 Å². The third-order valence-electron chi connectivity index (χ3n) is 3.40. The average molecular weight is 295 g/mol. The van der Waals surface area contributed by atoms with E-state index in [1.54, 1.807) is 16.3 Å². The minimum absolute atomic E-state index is 0.128. The molecule has 2 unspecified atom stereocenters. The third kappa shape index (κ3) is 3.44. The summed E-state index contributed by atoms with van der Waals surface area (Å²) >= 11 is 1.56. The van der Waals surface area contributed by atoms with Crippen LogP contribution in [0.3, 0.4) is 0 Å². The largest absolute Gasteiger partial charge is 0.344 e. The van der Waals surface area contributed by atoms with E-state index in [4.69, 9.17) is 0 Å². The Morgan fingerprint density at radius 1 is 1.70 bits per heavy atom. The highest BCUT2D eigenvalue weighted by atomic mass is 32.2. The zero-order valence-corrected chi connectivity index (χ0v) is 13.0. The van der Waals surface area contributed by atoms with Crippen molar-refractivity contribution >= 4 is 11.8 Å². The van der Waals surface area contributed by atoms with Gasteiger partial charge in [0.2, 0.25) is 0 Å². The normalized spacial score (nSPS) is 19.3. The Balaban J connectivity index is 2.03. The summed E-state index contributed by atoms with van der Waals surface area (Å²) in [6.07, 6.45) is 2.80. The van der Waals surface area contributed by atoms with E-state index < -0.39 is 5.54 Å². The summed E-state index contributed by atoms with van der Waals surface area (Å²) in [5.41, 5.74) is -0.667. The van der Waals surface area contributed by atoms with Gasteiger partial charge in [-0.2, -0.15) is 5.26 Å². The van der Waals surface area contributed by atoms with E-state index in [1.165, 1.54) is 0 Å². The maximum Gasteiger partial charge on any atom is 0.344 e. The molecule has 1 aromatic rings. The van der Waals surface area contributed by atoms with E-state index in [-0.39, 0.29) is 10.9 Å². The number of aromatic amines is 1. The molecule has 1 aliphatic rings. The van der Waals surface area contributed by atoms with Gasteiger partial charge < -0.3 is 0 Å². The first kappa shape index (κ1) is 15.1. The summed E-state index contributed by atoms with van der Waals surface area (Å²) in [4.78, 5) is 11.7. The fraction of sp³-hybridized carbons (Fsp3) is 0.769. The number of hydrogen-bond donors (Lipinski definition) is 2. The minimum atomic E-state index is -0.540. The molecule has 0 aromatic carbocycles. The van der Waals surface area contributed by atoms with E-state index in [0.717, 1.165) is 24.5 Å². The summed E-state index contributed by atoms with van der Waals surface area (Å²) in [5, 5.41) is 20.1. The van der Waals surface area contributed by atoms with Gasteiger partial charge >= 0.3 is 5.69 Å². The van der Waals surface area contributed by atoms with E-state index in [0.29, 0.717) is 12.5 Å². The fourth-order valence-corrected chi connectivity index (χ4v) is 3.59. The highest BCUT2D eigenvalue weighted by molar-refractivity contribution is 7.99. The molecule has 0 bridgehead atoms. The molecule has 0 amide bonds. The lowest BCUT2D eigenvalue weighted by atomic mass is 9.98. The number of nitriles is 1. The van der Waals surface area contributed by atoms with Gasteiger partial charge in [0.15, 0.2) is 5.16 Å². The number of nitrogens with one attached hydrogen (secondary N) is 2. The van der Waals surface area contributed by atoms with Crippen LogP contribution in [-0.4, -0.2) is 32.1 Å². The van der Waals surface area contributed by atoms with Crippen molar-refractivity contribution in [2.24, 2.45) is 0 Å². The number of H-pyrrole nitrogens is 1. The van der Waals surface area contributed by atoms with Gasteiger partial charge in [-0.25, -0.2) is 9.89 Å². The van der Waals surface area contributed by atoms with Crippen LogP contribution in [0.5, 0.6) is 0 Å². The van der Waals surface area contributed by atoms with Gasteiger partial charge in [0.1, 0.15) is 5.54 Å². The fourth-order valence-electron chi connectivity index (χ4n) is 2.37. The van der Waals surface area contributed by atoms with Crippen LogP contribution in [0.4, 0.5) is 0 Å². The predicted octanol–water partition coefficient (Wildman–Crippen LogP) is 1.67. The second kappa shape index (κ2) is 6.02. The Kier molecular flexibility index (Phi) is 4.55. The van der Waals surface area contributed by atoms with Gasteiger partial charge in [-0.05, 0) is 32.7 Å². The zero-order valence-electron chi connectivity index (χ0n) is 12.1. The maximum absolute atomic E-state index is 11.7. The molecule has 20 heavy (non-hydrogen) atoms. The SMILES string of the molecule is CCNC(C)(C#N)CC(C)Sc1n[nH]c(=O)n1C1CC1. The van der Waals surface area contributed by atoms with Crippen molar-refractivity contribution in [1.29, 1.82) is 5.26 Å². The Morgan fingerprint density at radius 3 is 2.95 bits per heavy atom. The average Bonchev–Trinajstić information content (AvgIpc) is 3.15. The van der Waals surface area contributed by atoms with E-state index in [1.807, 2.05) is 13.8 Å². The van der Waals surface area contributed by atoms with Gasteiger partial charge in [-0.1, -0.05) is 25.6 Å². The zero-order chi connectivity index (χ0) is 14.8. The minimum Gasteiger partial charge on any atom is -0.300 e. The third-order valence-corrected chi connectivity index (χ3v) is 4.47. The Labute approximate surface area is 122 Å². The van der Waals surface area contributed by atoms with Crippen LogP contribution in [0, 0.1) is 11.3 Å². The standard InChI is InChI=1S/C13H21N5OS/c1-4-15-13(3,8-14)7-9(2)20-12-17-16-11(19)18(12)10-5-6-10/h9-10,15H,4-7H2,1-3H3,(H,16,19). The molecule has 7 heteroatoms. The smallest absolute Gasteiger partial charge is 0.300 e. The van der Waals surface area contributed by atoms with Gasteiger partial charge in [0.25, 0.3) is 0 Å². The quantitative estimate of drug-likeness (QED) is 0.747. The van der Waals surface area contributed by atoms with Crippen LogP contribution in [0.15, 0.2) is 9.95 Å². The number of thioether (sulfide) groups is 1. The summed E-state index contributed by atoms with van der Waals surface area (Å²) in [6, 6.07) is 2.64. The molecular formula is C13H21N5OS. The van der Waals surface area contributed by atoms with Gasteiger partial charge in [0, 0.05) is 11.3 Å². The molecule has 1 saturated carbocycles. The van der Waals surface area contributed by atoms with Gasteiger partial charge in [-0.15, -0.1) is 5.10 Å². The predicted molar refractivity (Wildman–Crippen MR) is 78.7 cm³/mol. The highest BCUT2D eigenvalue weighted by Gasteiger charge is 2.31. The van der Waals surface area contributed by atoms with E-state index in [9.17, 15) is 10.1 Å². The first-order chi connectivity index (χ1) is 9.49. The topological polar surface area (TPSA) is 86.5 Å². The number of hydrogen-bond acceptors (Lipinski definition) is 5. The first-order valence-corrected chi connectivity index (χ1v) is 7.87. The molecular weight excluding hydrogens is 274 g/mol. The molecule has 0 saturated heterocycles. The van der Waals surface area contributed by atoms with Crippen LogP contribution < -0.4 is 11.0 Å². The molecule has 1 heterocycles. The van der Waals surface area contributed by atoms with Crippen molar-refractivity contribution in [2.45, 2.75) is 62.0 Å². The molecule has 2 rings (SSSR count). The molecule has 1 aliphatic carbocycles. The number of rotatable bonds is 7. The van der Waals surface area contributed by atoms with Crippen molar-refractivity contribution in [3.8, 4) is 6.07 Å². The van der Waals surface area contributed by atoms with E-state index >= 15 is 0 Å². The molecule has 0 radical (unpaired) electrons. The van der Waals surface area contributed by atoms with Crippen molar-refractivity contribution < 1.29 is 0 Å². The van der Waals surface area contributed by atoms with Crippen molar-refractivity contribution in [3.63, 3.8) is 0 Å². The molecule has 110 valence electrons. The molecule has 1 aromatic heterocycles. The molecule has 1 fully saturated rings. The Morgan fingerprint density at radius 2 is 2.40 bits per heavy atom. The van der Waals surface area contributed by atoms with Crippen molar-refractivity contribution in [1.82, 2.24) is 20.1 Å². The second-order valence-corrected chi connectivity index (χ2v) is 6.92. The lowest BCUT2D eigenvalue weighted by Crippen LogP contribution is -2.42. The molecule has 0 spiro atoms. The maximum atomic E-state index is 11.7. The van der Waals surface area contributed by atoms with Crippen LogP contribution in [0.25, 0.3) is 0 Å². The summed E-state index contributed by atoms with van der Waals surface area (Å²) < 4.78 is 1.75. The van der Waals surface area contributed by atoms with Crippen LogP contribution in [0.2, 0.25) is 0 Å². The summed E-state index contributed by atoms with van der Waals surface area (Å²) in [5.74, 6) is 0. The lowest BCUT2D eigenvalue weighted by molar-refractivity contribution is 0.429. The number of nitrogens with zero attached hydrogens (tertiary/aromatic N) is 3. The second-order valence-electron chi connectivity index (χ2n) is 5.52.